The van der Waals surface area contributed by atoms with Crippen molar-refractivity contribution in [1.29, 1.82) is 0 Å². The third kappa shape index (κ3) is 2.86. The number of nitrogens with zero attached hydrogens (tertiary/aromatic N) is 6. The van der Waals surface area contributed by atoms with Crippen molar-refractivity contribution in [3.8, 4) is 0 Å². The number of anilines is 3. The van der Waals surface area contributed by atoms with Crippen molar-refractivity contribution in [2.45, 2.75) is 19.4 Å². The first-order valence-electron chi connectivity index (χ1n) is 6.45. The Balaban J connectivity index is 2.27. The molecule has 0 aliphatic carbocycles. The maximum absolute atomic E-state index is 5.77. The van der Waals surface area contributed by atoms with E-state index in [1.54, 1.807) is 0 Å². The minimum Gasteiger partial charge on any atom is -0.368 e. The lowest BCUT2D eigenvalue weighted by Gasteiger charge is -2.45. The molecule has 1 aromatic heterocycles. The van der Waals surface area contributed by atoms with E-state index in [-0.39, 0.29) is 11.5 Å². The predicted molar refractivity (Wildman–Crippen MR) is 77.5 cm³/mol. The Bertz CT molecular complexity index is 457. The van der Waals surface area contributed by atoms with Crippen molar-refractivity contribution in [2.75, 3.05) is 56.3 Å². The largest absolute Gasteiger partial charge is 0.368 e. The van der Waals surface area contributed by atoms with E-state index in [1.807, 2.05) is 19.0 Å². The fourth-order valence-corrected chi connectivity index (χ4v) is 2.12. The van der Waals surface area contributed by atoms with Crippen LogP contribution in [0.4, 0.5) is 17.8 Å². The Labute approximate surface area is 114 Å². The molecule has 0 aromatic carbocycles. The minimum atomic E-state index is 0.0952. The summed E-state index contributed by atoms with van der Waals surface area (Å²) < 4.78 is 0. The molecule has 1 aromatic rings. The van der Waals surface area contributed by atoms with E-state index >= 15 is 0 Å². The number of hydrogen-bond donors (Lipinski definition) is 1. The van der Waals surface area contributed by atoms with Gasteiger partial charge in [0.2, 0.25) is 17.8 Å². The maximum Gasteiger partial charge on any atom is 0.232 e. The molecule has 7 nitrogen and oxygen atoms in total. The molecule has 0 radical (unpaired) electrons. The lowest BCUT2D eigenvalue weighted by molar-refractivity contribution is 0.138. The summed E-state index contributed by atoms with van der Waals surface area (Å²) in [6.07, 6.45) is 0. The fraction of sp³-hybridized carbons (Fsp3) is 0.750. The standard InChI is InChI=1S/C12H23N7/c1-12(2)8-19(7-6-18(12)5)11-15-9(13)14-10(16-11)17(3)4/h6-8H2,1-5H3,(H2,13,14,15,16). The number of nitrogen functional groups attached to an aromatic ring is 1. The van der Waals surface area contributed by atoms with Gasteiger partial charge in [-0.25, -0.2) is 0 Å². The maximum atomic E-state index is 5.77. The Morgan fingerprint density at radius 2 is 1.84 bits per heavy atom. The second-order valence-corrected chi connectivity index (χ2v) is 5.84. The topological polar surface area (TPSA) is 74.4 Å². The van der Waals surface area contributed by atoms with Gasteiger partial charge in [-0.3, -0.25) is 4.90 Å². The van der Waals surface area contributed by atoms with Crippen LogP contribution in [0.1, 0.15) is 13.8 Å². The van der Waals surface area contributed by atoms with E-state index in [1.165, 1.54) is 0 Å². The number of rotatable bonds is 2. The normalized spacial score (nSPS) is 19.5. The van der Waals surface area contributed by atoms with Gasteiger partial charge in [-0.15, -0.1) is 0 Å². The minimum absolute atomic E-state index is 0.0952. The lowest BCUT2D eigenvalue weighted by atomic mass is 10.0. The number of likely N-dealkylation sites (N-methyl/N-ethyl adjacent to an activating group) is 1. The van der Waals surface area contributed by atoms with Crippen LogP contribution in [0.3, 0.4) is 0 Å². The molecular formula is C12H23N7. The second kappa shape index (κ2) is 4.80. The molecule has 0 atom stereocenters. The van der Waals surface area contributed by atoms with E-state index in [4.69, 9.17) is 5.73 Å². The van der Waals surface area contributed by atoms with Crippen molar-refractivity contribution < 1.29 is 0 Å². The van der Waals surface area contributed by atoms with E-state index < -0.39 is 0 Å². The molecule has 0 bridgehead atoms. The average molecular weight is 265 g/mol. The van der Waals surface area contributed by atoms with Crippen LogP contribution in [0, 0.1) is 0 Å². The van der Waals surface area contributed by atoms with Gasteiger partial charge in [-0.05, 0) is 20.9 Å². The monoisotopic (exact) mass is 265 g/mol. The molecule has 0 saturated carbocycles. The van der Waals surface area contributed by atoms with E-state index in [0.29, 0.717) is 11.9 Å². The molecule has 1 aliphatic rings. The Morgan fingerprint density at radius 1 is 1.16 bits per heavy atom. The highest BCUT2D eigenvalue weighted by atomic mass is 15.4. The Morgan fingerprint density at radius 3 is 2.42 bits per heavy atom. The highest BCUT2D eigenvalue weighted by Crippen LogP contribution is 2.23. The fourth-order valence-electron chi connectivity index (χ4n) is 2.12. The summed E-state index contributed by atoms with van der Waals surface area (Å²) in [4.78, 5) is 19.2. The Hall–Kier alpha value is -1.63. The summed E-state index contributed by atoms with van der Waals surface area (Å²) in [6, 6.07) is 0. The molecule has 2 heterocycles. The zero-order valence-electron chi connectivity index (χ0n) is 12.4. The molecule has 1 saturated heterocycles. The van der Waals surface area contributed by atoms with Crippen LogP contribution in [0.25, 0.3) is 0 Å². The van der Waals surface area contributed by atoms with Gasteiger partial charge < -0.3 is 15.5 Å². The average Bonchev–Trinajstić information content (AvgIpc) is 2.31. The first-order valence-corrected chi connectivity index (χ1v) is 6.45. The SMILES string of the molecule is CN(C)c1nc(N)nc(N2CCN(C)C(C)(C)C2)n1. The molecular weight excluding hydrogens is 242 g/mol. The first kappa shape index (κ1) is 13.8. The van der Waals surface area contributed by atoms with Gasteiger partial charge in [0.1, 0.15) is 0 Å². The van der Waals surface area contributed by atoms with Gasteiger partial charge in [0, 0.05) is 39.3 Å². The summed E-state index contributed by atoms with van der Waals surface area (Å²) in [5.74, 6) is 1.53. The molecule has 106 valence electrons. The molecule has 0 amide bonds. The molecule has 7 heteroatoms. The van der Waals surface area contributed by atoms with Crippen LogP contribution in [-0.2, 0) is 0 Å². The van der Waals surface area contributed by atoms with Gasteiger partial charge in [0.05, 0.1) is 0 Å². The van der Waals surface area contributed by atoms with Crippen molar-refractivity contribution in [1.82, 2.24) is 19.9 Å². The van der Waals surface area contributed by atoms with E-state index in [2.05, 4.69) is 45.6 Å². The summed E-state index contributed by atoms with van der Waals surface area (Å²) >= 11 is 0. The van der Waals surface area contributed by atoms with Crippen molar-refractivity contribution in [2.24, 2.45) is 0 Å². The number of piperazine rings is 1. The van der Waals surface area contributed by atoms with Crippen LogP contribution < -0.4 is 15.5 Å². The van der Waals surface area contributed by atoms with Crippen LogP contribution in [0.5, 0.6) is 0 Å². The van der Waals surface area contributed by atoms with E-state index in [9.17, 15) is 0 Å². The van der Waals surface area contributed by atoms with Crippen molar-refractivity contribution >= 4 is 17.8 Å². The highest BCUT2D eigenvalue weighted by molar-refractivity contribution is 5.43. The van der Waals surface area contributed by atoms with Gasteiger partial charge in [0.25, 0.3) is 0 Å². The molecule has 2 N–H and O–H groups in total. The van der Waals surface area contributed by atoms with Gasteiger partial charge >= 0.3 is 0 Å². The third-order valence-electron chi connectivity index (χ3n) is 3.63. The smallest absolute Gasteiger partial charge is 0.232 e. The van der Waals surface area contributed by atoms with Crippen molar-refractivity contribution in [3.63, 3.8) is 0 Å². The first-order chi connectivity index (χ1) is 8.79. The van der Waals surface area contributed by atoms with Crippen LogP contribution >= 0.6 is 0 Å². The lowest BCUT2D eigenvalue weighted by Crippen LogP contribution is -2.58. The van der Waals surface area contributed by atoms with Crippen LogP contribution in [-0.4, -0.2) is 66.2 Å². The molecule has 0 unspecified atom stereocenters. The molecule has 1 aliphatic heterocycles. The highest BCUT2D eigenvalue weighted by Gasteiger charge is 2.32. The van der Waals surface area contributed by atoms with Crippen molar-refractivity contribution in [3.05, 3.63) is 0 Å². The zero-order chi connectivity index (χ0) is 14.2. The number of hydrogen-bond acceptors (Lipinski definition) is 7. The number of aromatic nitrogens is 3. The molecule has 0 spiro atoms. The summed E-state index contributed by atoms with van der Waals surface area (Å²) in [5.41, 5.74) is 5.87. The zero-order valence-corrected chi connectivity index (χ0v) is 12.4. The molecule has 19 heavy (non-hydrogen) atoms. The quantitative estimate of drug-likeness (QED) is 0.810. The summed E-state index contributed by atoms with van der Waals surface area (Å²) in [5, 5.41) is 0. The van der Waals surface area contributed by atoms with Gasteiger partial charge in [-0.1, -0.05) is 0 Å². The van der Waals surface area contributed by atoms with E-state index in [0.717, 1.165) is 19.6 Å². The van der Waals surface area contributed by atoms with Gasteiger partial charge in [-0.2, -0.15) is 15.0 Å². The molecule has 2 rings (SSSR count). The van der Waals surface area contributed by atoms with Gasteiger partial charge in [0.15, 0.2) is 0 Å². The predicted octanol–water partition coefficient (Wildman–Crippen LogP) is 0.0502. The number of nitrogens with two attached hydrogens (primary N) is 1. The van der Waals surface area contributed by atoms with Crippen LogP contribution in [0.2, 0.25) is 0 Å². The molecule has 1 fully saturated rings. The van der Waals surface area contributed by atoms with Crippen LogP contribution in [0.15, 0.2) is 0 Å². The third-order valence-corrected chi connectivity index (χ3v) is 3.63. The summed E-state index contributed by atoms with van der Waals surface area (Å²) in [6.45, 7) is 7.19. The second-order valence-electron chi connectivity index (χ2n) is 5.84. The Kier molecular flexibility index (Phi) is 3.49. The summed E-state index contributed by atoms with van der Waals surface area (Å²) in [7, 11) is 5.93.